The van der Waals surface area contributed by atoms with Gasteiger partial charge in [-0.2, -0.15) is 0 Å². The molecule has 1 aliphatic heterocycles. The summed E-state index contributed by atoms with van der Waals surface area (Å²) in [5.74, 6) is -2.03. The molecule has 2 N–H and O–H groups in total. The fourth-order valence-electron chi connectivity index (χ4n) is 3.06. The van der Waals surface area contributed by atoms with E-state index in [9.17, 15) is 14.4 Å². The molecule has 1 saturated carbocycles. The minimum absolute atomic E-state index is 0.288. The summed E-state index contributed by atoms with van der Waals surface area (Å²) >= 11 is 0. The summed E-state index contributed by atoms with van der Waals surface area (Å²) in [7, 11) is 0. The number of primary amides is 1. The van der Waals surface area contributed by atoms with Crippen molar-refractivity contribution in [2.45, 2.75) is 33.6 Å². The first-order chi connectivity index (χ1) is 7.20. The van der Waals surface area contributed by atoms with Gasteiger partial charge in [0.15, 0.2) is 5.41 Å². The van der Waals surface area contributed by atoms with Gasteiger partial charge in [-0.25, -0.2) is 0 Å². The van der Waals surface area contributed by atoms with E-state index >= 15 is 0 Å². The summed E-state index contributed by atoms with van der Waals surface area (Å²) in [6.07, 6.45) is 0.740. The maximum atomic E-state index is 11.8. The van der Waals surface area contributed by atoms with Gasteiger partial charge in [-0.05, 0) is 19.8 Å². The van der Waals surface area contributed by atoms with Crippen molar-refractivity contribution in [1.29, 1.82) is 0 Å². The van der Waals surface area contributed by atoms with Crippen LogP contribution in [-0.2, 0) is 19.1 Å². The highest BCUT2D eigenvalue weighted by Crippen LogP contribution is 2.65. The van der Waals surface area contributed by atoms with Crippen LogP contribution in [0.3, 0.4) is 0 Å². The SMILES string of the molecule is CC12CCC(C(N)=O)(C(=O)OC1=O)C2(C)C. The highest BCUT2D eigenvalue weighted by molar-refractivity contribution is 6.10. The predicted molar refractivity (Wildman–Crippen MR) is 53.8 cm³/mol. The summed E-state index contributed by atoms with van der Waals surface area (Å²) < 4.78 is 4.70. The normalized spacial score (nSPS) is 40.7. The van der Waals surface area contributed by atoms with Crippen LogP contribution in [0.25, 0.3) is 0 Å². The Hall–Kier alpha value is -1.39. The number of rotatable bonds is 1. The second-order valence-corrected chi connectivity index (χ2v) is 5.40. The van der Waals surface area contributed by atoms with Gasteiger partial charge in [0.2, 0.25) is 5.91 Å². The van der Waals surface area contributed by atoms with Crippen molar-refractivity contribution in [2.75, 3.05) is 0 Å². The molecule has 1 aliphatic carbocycles. The van der Waals surface area contributed by atoms with Crippen LogP contribution in [0.15, 0.2) is 0 Å². The smallest absolute Gasteiger partial charge is 0.329 e. The van der Waals surface area contributed by atoms with E-state index < -0.39 is 34.1 Å². The molecule has 16 heavy (non-hydrogen) atoms. The van der Waals surface area contributed by atoms with Gasteiger partial charge in [-0.15, -0.1) is 0 Å². The lowest BCUT2D eigenvalue weighted by Crippen LogP contribution is -2.61. The number of ether oxygens (including phenoxy) is 1. The zero-order valence-electron chi connectivity index (χ0n) is 9.62. The monoisotopic (exact) mass is 225 g/mol. The number of esters is 2. The van der Waals surface area contributed by atoms with Crippen LogP contribution in [-0.4, -0.2) is 17.8 Å². The van der Waals surface area contributed by atoms with E-state index in [-0.39, 0.29) is 6.42 Å². The molecule has 0 aromatic carbocycles. The molecule has 2 aliphatic rings. The summed E-state index contributed by atoms with van der Waals surface area (Å²) in [5.41, 5.74) is 2.40. The van der Waals surface area contributed by atoms with Gasteiger partial charge in [0.25, 0.3) is 0 Å². The van der Waals surface area contributed by atoms with E-state index in [0.717, 1.165) is 0 Å². The quantitative estimate of drug-likeness (QED) is 0.516. The van der Waals surface area contributed by atoms with Crippen molar-refractivity contribution in [1.82, 2.24) is 0 Å². The van der Waals surface area contributed by atoms with E-state index in [4.69, 9.17) is 10.5 Å². The van der Waals surface area contributed by atoms with Crippen molar-refractivity contribution < 1.29 is 19.1 Å². The minimum atomic E-state index is -1.35. The van der Waals surface area contributed by atoms with E-state index in [1.807, 2.05) is 0 Å². The third-order valence-electron chi connectivity index (χ3n) is 4.85. The molecule has 0 spiro atoms. The van der Waals surface area contributed by atoms with Gasteiger partial charge in [0.05, 0.1) is 5.41 Å². The number of hydrogen-bond donors (Lipinski definition) is 1. The number of carbonyl (C=O) groups excluding carboxylic acids is 3. The molecule has 1 amide bonds. The summed E-state index contributed by atoms with van der Waals surface area (Å²) in [6.45, 7) is 5.21. The van der Waals surface area contributed by atoms with Crippen LogP contribution in [0.4, 0.5) is 0 Å². The van der Waals surface area contributed by atoms with E-state index in [0.29, 0.717) is 6.42 Å². The lowest BCUT2D eigenvalue weighted by molar-refractivity contribution is -0.196. The molecular formula is C11H15NO4. The molecule has 1 saturated heterocycles. The van der Waals surface area contributed by atoms with Gasteiger partial charge < -0.3 is 10.5 Å². The summed E-state index contributed by atoms with van der Waals surface area (Å²) in [5, 5.41) is 0. The van der Waals surface area contributed by atoms with Crippen molar-refractivity contribution in [3.63, 3.8) is 0 Å². The van der Waals surface area contributed by atoms with Crippen LogP contribution < -0.4 is 5.73 Å². The van der Waals surface area contributed by atoms with E-state index in [2.05, 4.69) is 0 Å². The Kier molecular flexibility index (Phi) is 1.84. The Morgan fingerprint density at radius 1 is 1.19 bits per heavy atom. The van der Waals surface area contributed by atoms with Gasteiger partial charge in [-0.3, -0.25) is 14.4 Å². The second-order valence-electron chi connectivity index (χ2n) is 5.40. The molecule has 0 aromatic heterocycles. The first-order valence-corrected chi connectivity index (χ1v) is 5.27. The number of carbonyl (C=O) groups is 3. The number of nitrogens with two attached hydrogens (primary N) is 1. The molecule has 2 fully saturated rings. The fraction of sp³-hybridized carbons (Fsp3) is 0.727. The van der Waals surface area contributed by atoms with Crippen LogP contribution in [0.2, 0.25) is 0 Å². The van der Waals surface area contributed by atoms with Gasteiger partial charge in [0.1, 0.15) is 0 Å². The number of cyclic esters (lactones) is 2. The van der Waals surface area contributed by atoms with E-state index in [1.165, 1.54) is 0 Å². The molecule has 1 heterocycles. The van der Waals surface area contributed by atoms with Gasteiger partial charge >= 0.3 is 11.9 Å². The Bertz CT molecular complexity index is 414. The molecule has 88 valence electrons. The molecule has 2 unspecified atom stereocenters. The second kappa shape index (κ2) is 2.64. The number of fused-ring (bicyclic) bond motifs is 2. The third kappa shape index (κ3) is 0.817. The highest BCUT2D eigenvalue weighted by Gasteiger charge is 2.74. The van der Waals surface area contributed by atoms with Crippen LogP contribution in [0, 0.1) is 16.2 Å². The first kappa shape index (κ1) is 11.1. The maximum Gasteiger partial charge on any atom is 0.329 e. The van der Waals surface area contributed by atoms with Crippen molar-refractivity contribution in [3.8, 4) is 0 Å². The topological polar surface area (TPSA) is 86.5 Å². The minimum Gasteiger partial charge on any atom is -0.392 e. The number of amides is 1. The molecule has 2 rings (SSSR count). The van der Waals surface area contributed by atoms with Gasteiger partial charge in [-0.1, -0.05) is 13.8 Å². The first-order valence-electron chi connectivity index (χ1n) is 5.27. The Morgan fingerprint density at radius 3 is 2.25 bits per heavy atom. The van der Waals surface area contributed by atoms with Crippen LogP contribution >= 0.6 is 0 Å². The molecular weight excluding hydrogens is 210 g/mol. The molecule has 0 aromatic rings. The molecule has 5 nitrogen and oxygen atoms in total. The summed E-state index contributed by atoms with van der Waals surface area (Å²) in [4.78, 5) is 35.2. The van der Waals surface area contributed by atoms with Crippen molar-refractivity contribution in [2.24, 2.45) is 22.0 Å². The summed E-state index contributed by atoms with van der Waals surface area (Å²) in [6, 6.07) is 0. The lowest BCUT2D eigenvalue weighted by Gasteiger charge is -2.47. The molecule has 5 heteroatoms. The lowest BCUT2D eigenvalue weighted by atomic mass is 9.57. The van der Waals surface area contributed by atoms with Crippen LogP contribution in [0.5, 0.6) is 0 Å². The Labute approximate surface area is 93.3 Å². The average molecular weight is 225 g/mol. The zero-order valence-corrected chi connectivity index (χ0v) is 9.62. The molecule has 0 radical (unpaired) electrons. The molecule has 2 bridgehead atoms. The Morgan fingerprint density at radius 2 is 1.75 bits per heavy atom. The largest absolute Gasteiger partial charge is 0.392 e. The fourth-order valence-corrected chi connectivity index (χ4v) is 3.06. The van der Waals surface area contributed by atoms with Crippen LogP contribution in [0.1, 0.15) is 33.6 Å². The van der Waals surface area contributed by atoms with Crippen molar-refractivity contribution in [3.05, 3.63) is 0 Å². The highest BCUT2D eigenvalue weighted by atomic mass is 16.6. The number of hydrogen-bond acceptors (Lipinski definition) is 4. The maximum absolute atomic E-state index is 11.8. The van der Waals surface area contributed by atoms with Crippen molar-refractivity contribution >= 4 is 17.8 Å². The predicted octanol–water partition coefficient (Wildman–Crippen LogP) is 0.368. The average Bonchev–Trinajstić information content (AvgIpc) is 2.29. The zero-order chi connectivity index (χ0) is 12.4. The molecule has 2 atom stereocenters. The third-order valence-corrected chi connectivity index (χ3v) is 4.85. The standard InChI is InChI=1S/C11H15NO4/c1-9(2)10(3)4-5-11(9,6(12)13)8(15)16-7(10)14/h4-5H2,1-3H3,(H2,12,13). The van der Waals surface area contributed by atoms with E-state index in [1.54, 1.807) is 20.8 Å². The van der Waals surface area contributed by atoms with Gasteiger partial charge in [0, 0.05) is 5.41 Å². The Balaban J connectivity index is 2.69.